The van der Waals surface area contributed by atoms with Crippen LogP contribution < -0.4 is 4.90 Å². The number of amides is 1. The monoisotopic (exact) mass is 260 g/mol. The topological polar surface area (TPSA) is 32.8 Å². The van der Waals surface area contributed by atoms with Crippen molar-refractivity contribution in [2.24, 2.45) is 0 Å². The lowest BCUT2D eigenvalue weighted by Crippen LogP contribution is -2.51. The first-order chi connectivity index (χ1) is 9.34. The average Bonchev–Trinajstić information content (AvgIpc) is 3.02. The summed E-state index contributed by atoms with van der Waals surface area (Å²) in [7, 11) is 0. The highest BCUT2D eigenvalue weighted by molar-refractivity contribution is 5.81. The Morgan fingerprint density at radius 3 is 2.47 bits per heavy atom. The van der Waals surface area contributed by atoms with Crippen LogP contribution in [0, 0.1) is 0 Å². The minimum absolute atomic E-state index is 0.178. The van der Waals surface area contributed by atoms with Gasteiger partial charge in [-0.15, -0.1) is 0 Å². The Kier molecular flexibility index (Phi) is 3.69. The van der Waals surface area contributed by atoms with Crippen LogP contribution >= 0.6 is 0 Å². The number of rotatable bonds is 2. The van der Waals surface area contributed by atoms with Gasteiger partial charge in [-0.1, -0.05) is 18.2 Å². The predicted molar refractivity (Wildman–Crippen MR) is 74.2 cm³/mol. The van der Waals surface area contributed by atoms with Gasteiger partial charge in [-0.05, 0) is 25.0 Å². The maximum absolute atomic E-state index is 12.2. The van der Waals surface area contributed by atoms with Crippen molar-refractivity contribution in [2.45, 2.75) is 18.9 Å². The molecule has 102 valence electrons. The molecule has 2 saturated heterocycles. The van der Waals surface area contributed by atoms with E-state index in [1.165, 1.54) is 5.69 Å². The Labute approximate surface area is 113 Å². The first kappa shape index (κ1) is 12.5. The second-order valence-electron chi connectivity index (χ2n) is 5.15. The molecule has 0 saturated carbocycles. The minimum atomic E-state index is -0.178. The van der Waals surface area contributed by atoms with Gasteiger partial charge in [-0.3, -0.25) is 4.79 Å². The molecule has 2 fully saturated rings. The van der Waals surface area contributed by atoms with Gasteiger partial charge in [0, 0.05) is 38.5 Å². The van der Waals surface area contributed by atoms with Crippen LogP contribution in [0.3, 0.4) is 0 Å². The Morgan fingerprint density at radius 2 is 1.84 bits per heavy atom. The lowest BCUT2D eigenvalue weighted by molar-refractivity contribution is -0.141. The molecule has 0 aromatic heterocycles. The molecule has 19 heavy (non-hydrogen) atoms. The summed E-state index contributed by atoms with van der Waals surface area (Å²) in [6.07, 6.45) is 1.72. The third-order valence-electron chi connectivity index (χ3n) is 3.92. The molecule has 4 nitrogen and oxygen atoms in total. The zero-order valence-electron chi connectivity index (χ0n) is 11.1. The highest BCUT2D eigenvalue weighted by Crippen LogP contribution is 2.18. The quantitative estimate of drug-likeness (QED) is 0.808. The zero-order valence-corrected chi connectivity index (χ0v) is 11.1. The molecule has 2 aliphatic rings. The summed E-state index contributed by atoms with van der Waals surface area (Å²) in [5.74, 6) is 0.185. The number of carbonyl (C=O) groups excluding carboxylic acids is 1. The van der Waals surface area contributed by atoms with Gasteiger partial charge in [0.15, 0.2) is 0 Å². The first-order valence-electron chi connectivity index (χ1n) is 7.05. The van der Waals surface area contributed by atoms with Gasteiger partial charge in [0.25, 0.3) is 5.91 Å². The van der Waals surface area contributed by atoms with Crippen LogP contribution in [-0.2, 0) is 9.53 Å². The first-order valence-corrected chi connectivity index (χ1v) is 7.05. The van der Waals surface area contributed by atoms with E-state index in [0.717, 1.165) is 45.6 Å². The van der Waals surface area contributed by atoms with E-state index < -0.39 is 0 Å². The van der Waals surface area contributed by atoms with E-state index in [2.05, 4.69) is 29.2 Å². The van der Waals surface area contributed by atoms with Crippen molar-refractivity contribution in [3.05, 3.63) is 30.3 Å². The summed E-state index contributed by atoms with van der Waals surface area (Å²) in [6, 6.07) is 10.4. The summed E-state index contributed by atoms with van der Waals surface area (Å²) >= 11 is 0. The molecule has 1 aromatic carbocycles. The normalized spacial score (nSPS) is 23.7. The molecule has 0 bridgehead atoms. The van der Waals surface area contributed by atoms with E-state index in [9.17, 15) is 4.79 Å². The molecule has 1 aromatic rings. The van der Waals surface area contributed by atoms with Crippen LogP contribution in [0.25, 0.3) is 0 Å². The Bertz CT molecular complexity index is 421. The molecular weight excluding hydrogens is 240 g/mol. The molecule has 1 atom stereocenters. The lowest BCUT2D eigenvalue weighted by atomic mass is 10.2. The van der Waals surface area contributed by atoms with Crippen LogP contribution in [-0.4, -0.2) is 49.7 Å². The van der Waals surface area contributed by atoms with Gasteiger partial charge < -0.3 is 14.5 Å². The lowest BCUT2D eigenvalue weighted by Gasteiger charge is -2.37. The van der Waals surface area contributed by atoms with Crippen LogP contribution in [0.5, 0.6) is 0 Å². The van der Waals surface area contributed by atoms with Gasteiger partial charge in [0.05, 0.1) is 0 Å². The summed E-state index contributed by atoms with van der Waals surface area (Å²) in [6.45, 7) is 4.15. The molecule has 4 heteroatoms. The number of piperazine rings is 1. The largest absolute Gasteiger partial charge is 0.368 e. The maximum Gasteiger partial charge on any atom is 0.251 e. The van der Waals surface area contributed by atoms with Crippen LogP contribution in [0.15, 0.2) is 30.3 Å². The smallest absolute Gasteiger partial charge is 0.251 e. The van der Waals surface area contributed by atoms with Gasteiger partial charge in [0.1, 0.15) is 6.10 Å². The van der Waals surface area contributed by atoms with Gasteiger partial charge in [-0.2, -0.15) is 0 Å². The Balaban J connectivity index is 1.56. The van der Waals surface area contributed by atoms with Gasteiger partial charge in [-0.25, -0.2) is 0 Å². The SMILES string of the molecule is O=C([C@@H]1CCCO1)N1CCN(c2ccccc2)CC1. The number of hydrogen-bond acceptors (Lipinski definition) is 3. The van der Waals surface area contributed by atoms with Gasteiger partial charge >= 0.3 is 0 Å². The fourth-order valence-electron chi connectivity index (χ4n) is 2.80. The fraction of sp³-hybridized carbons (Fsp3) is 0.533. The molecule has 1 amide bonds. The van der Waals surface area contributed by atoms with Crippen molar-refractivity contribution < 1.29 is 9.53 Å². The molecular formula is C15H20N2O2. The standard InChI is InChI=1S/C15H20N2O2/c18-15(14-7-4-12-19-14)17-10-8-16(9-11-17)13-5-2-1-3-6-13/h1-3,5-6,14H,4,7-12H2/t14-/m0/s1. The fourth-order valence-corrected chi connectivity index (χ4v) is 2.80. The molecule has 2 heterocycles. The van der Waals surface area contributed by atoms with Crippen molar-refractivity contribution in [3.8, 4) is 0 Å². The molecule has 2 aliphatic heterocycles. The number of anilines is 1. The summed E-state index contributed by atoms with van der Waals surface area (Å²) in [5, 5.41) is 0. The third kappa shape index (κ3) is 2.73. The van der Waals surface area contributed by atoms with Crippen molar-refractivity contribution in [1.29, 1.82) is 0 Å². The number of para-hydroxylation sites is 1. The Morgan fingerprint density at radius 1 is 1.11 bits per heavy atom. The minimum Gasteiger partial charge on any atom is -0.368 e. The average molecular weight is 260 g/mol. The summed E-state index contributed by atoms with van der Waals surface area (Å²) in [5.41, 5.74) is 1.24. The number of hydrogen-bond donors (Lipinski definition) is 0. The second-order valence-corrected chi connectivity index (χ2v) is 5.15. The van der Waals surface area contributed by atoms with E-state index in [0.29, 0.717) is 0 Å². The van der Waals surface area contributed by atoms with Crippen LogP contribution in [0.1, 0.15) is 12.8 Å². The van der Waals surface area contributed by atoms with Crippen LogP contribution in [0.2, 0.25) is 0 Å². The maximum atomic E-state index is 12.2. The predicted octanol–water partition coefficient (Wildman–Crippen LogP) is 1.51. The number of benzene rings is 1. The molecule has 0 aliphatic carbocycles. The highest BCUT2D eigenvalue weighted by Gasteiger charge is 2.30. The van der Waals surface area contributed by atoms with E-state index in [4.69, 9.17) is 4.74 Å². The van der Waals surface area contributed by atoms with Gasteiger partial charge in [0.2, 0.25) is 0 Å². The van der Waals surface area contributed by atoms with E-state index in [1.54, 1.807) is 0 Å². The third-order valence-corrected chi connectivity index (χ3v) is 3.92. The molecule has 0 unspecified atom stereocenters. The molecule has 0 N–H and O–H groups in total. The summed E-state index contributed by atoms with van der Waals surface area (Å²) < 4.78 is 5.47. The second kappa shape index (κ2) is 5.61. The Hall–Kier alpha value is -1.55. The summed E-state index contributed by atoms with van der Waals surface area (Å²) in [4.78, 5) is 16.5. The van der Waals surface area contributed by atoms with Crippen molar-refractivity contribution in [3.63, 3.8) is 0 Å². The van der Waals surface area contributed by atoms with E-state index in [-0.39, 0.29) is 12.0 Å². The molecule has 0 radical (unpaired) electrons. The van der Waals surface area contributed by atoms with Crippen molar-refractivity contribution >= 4 is 11.6 Å². The van der Waals surface area contributed by atoms with Crippen LogP contribution in [0.4, 0.5) is 5.69 Å². The molecule has 3 rings (SSSR count). The number of carbonyl (C=O) groups is 1. The van der Waals surface area contributed by atoms with E-state index >= 15 is 0 Å². The molecule has 0 spiro atoms. The highest BCUT2D eigenvalue weighted by atomic mass is 16.5. The van der Waals surface area contributed by atoms with Crippen molar-refractivity contribution in [2.75, 3.05) is 37.7 Å². The van der Waals surface area contributed by atoms with Crippen molar-refractivity contribution in [1.82, 2.24) is 4.90 Å². The number of nitrogens with zero attached hydrogens (tertiary/aromatic N) is 2. The number of ether oxygens (including phenoxy) is 1. The zero-order chi connectivity index (χ0) is 13.1. The van der Waals surface area contributed by atoms with E-state index in [1.807, 2.05) is 11.0 Å².